The van der Waals surface area contributed by atoms with Gasteiger partial charge >= 0.3 is 0 Å². The number of amides is 1. The number of carbonyl (C=O) groups excluding carboxylic acids is 1. The maximum absolute atomic E-state index is 11.8. The average molecular weight is 379 g/mol. The van der Waals surface area contributed by atoms with Gasteiger partial charge in [0.1, 0.15) is 5.75 Å². The maximum atomic E-state index is 11.8. The fraction of sp³-hybridized carbons (Fsp3) is 0.263. The first kappa shape index (κ1) is 19.3. The first-order valence-electron chi connectivity index (χ1n) is 7.98. The fourth-order valence-corrected chi connectivity index (χ4v) is 2.61. The normalized spacial score (nSPS) is 11.2. The highest BCUT2D eigenvalue weighted by Gasteiger charge is 2.04. The fourth-order valence-electron chi connectivity index (χ4n) is 2.15. The molecule has 0 fully saturated rings. The summed E-state index contributed by atoms with van der Waals surface area (Å²) in [6.07, 6.45) is 1.60. The van der Waals surface area contributed by atoms with E-state index in [0.717, 1.165) is 11.3 Å². The van der Waals surface area contributed by atoms with Crippen LogP contribution in [-0.2, 0) is 11.2 Å². The summed E-state index contributed by atoms with van der Waals surface area (Å²) in [6.45, 7) is 2.28. The number of halogens is 2. The van der Waals surface area contributed by atoms with Crippen LogP contribution in [0.5, 0.6) is 5.75 Å². The van der Waals surface area contributed by atoms with Gasteiger partial charge < -0.3 is 4.74 Å². The summed E-state index contributed by atoms with van der Waals surface area (Å²) in [7, 11) is 0. The monoisotopic (exact) mass is 378 g/mol. The van der Waals surface area contributed by atoms with Crippen molar-refractivity contribution in [1.29, 1.82) is 0 Å². The lowest BCUT2D eigenvalue weighted by Crippen LogP contribution is -2.20. The van der Waals surface area contributed by atoms with Gasteiger partial charge in [0.15, 0.2) is 0 Å². The van der Waals surface area contributed by atoms with Gasteiger partial charge in [0, 0.05) is 23.6 Å². The SMILES string of the molecule is C/C(Cc1ccccc1)=N\NC(=O)CCCOc1ccc(Cl)cc1Cl. The molecule has 0 aliphatic heterocycles. The maximum Gasteiger partial charge on any atom is 0.240 e. The smallest absolute Gasteiger partial charge is 0.240 e. The number of ether oxygens (including phenoxy) is 1. The van der Waals surface area contributed by atoms with Crippen molar-refractivity contribution in [2.75, 3.05) is 6.61 Å². The minimum absolute atomic E-state index is 0.141. The number of hydrogen-bond acceptors (Lipinski definition) is 3. The quantitative estimate of drug-likeness (QED) is 0.404. The van der Waals surface area contributed by atoms with Crippen molar-refractivity contribution in [2.24, 2.45) is 5.10 Å². The topological polar surface area (TPSA) is 50.7 Å². The zero-order valence-corrected chi connectivity index (χ0v) is 15.5. The van der Waals surface area contributed by atoms with E-state index >= 15 is 0 Å². The van der Waals surface area contributed by atoms with Crippen LogP contribution in [0.3, 0.4) is 0 Å². The predicted molar refractivity (Wildman–Crippen MR) is 103 cm³/mol. The molecule has 2 aromatic carbocycles. The Labute approximate surface area is 157 Å². The van der Waals surface area contributed by atoms with Crippen molar-refractivity contribution in [3.8, 4) is 5.75 Å². The summed E-state index contributed by atoms with van der Waals surface area (Å²) >= 11 is 11.8. The van der Waals surface area contributed by atoms with E-state index in [2.05, 4.69) is 10.5 Å². The van der Waals surface area contributed by atoms with Crippen molar-refractivity contribution in [3.05, 3.63) is 64.1 Å². The predicted octanol–water partition coefficient (Wildman–Crippen LogP) is 4.89. The Balaban J connectivity index is 1.67. The molecule has 0 unspecified atom stereocenters. The molecule has 25 heavy (non-hydrogen) atoms. The minimum Gasteiger partial charge on any atom is -0.492 e. The second kappa shape index (κ2) is 10.1. The Morgan fingerprint density at radius 3 is 2.64 bits per heavy atom. The second-order valence-electron chi connectivity index (χ2n) is 5.57. The third-order valence-electron chi connectivity index (χ3n) is 3.37. The van der Waals surface area contributed by atoms with E-state index < -0.39 is 0 Å². The number of rotatable bonds is 8. The summed E-state index contributed by atoms with van der Waals surface area (Å²) < 4.78 is 5.54. The molecule has 1 N–H and O–H groups in total. The van der Waals surface area contributed by atoms with Crippen LogP contribution in [0.25, 0.3) is 0 Å². The van der Waals surface area contributed by atoms with Gasteiger partial charge in [-0.1, -0.05) is 53.5 Å². The molecule has 0 aliphatic rings. The highest BCUT2D eigenvalue weighted by atomic mass is 35.5. The molecule has 0 saturated carbocycles. The third kappa shape index (κ3) is 7.16. The number of nitrogens with zero attached hydrogens (tertiary/aromatic N) is 1. The largest absolute Gasteiger partial charge is 0.492 e. The highest BCUT2D eigenvalue weighted by molar-refractivity contribution is 6.35. The van der Waals surface area contributed by atoms with E-state index in [1.54, 1.807) is 18.2 Å². The van der Waals surface area contributed by atoms with Crippen LogP contribution in [-0.4, -0.2) is 18.2 Å². The van der Waals surface area contributed by atoms with E-state index in [9.17, 15) is 4.79 Å². The first-order valence-corrected chi connectivity index (χ1v) is 8.74. The number of hydrazone groups is 1. The molecular weight excluding hydrogens is 359 g/mol. The Bertz CT molecular complexity index is 733. The zero-order valence-electron chi connectivity index (χ0n) is 14.0. The van der Waals surface area contributed by atoms with Crippen molar-refractivity contribution < 1.29 is 9.53 Å². The van der Waals surface area contributed by atoms with E-state index in [1.165, 1.54) is 0 Å². The molecule has 4 nitrogen and oxygen atoms in total. The molecule has 2 rings (SSSR count). The van der Waals surface area contributed by atoms with E-state index in [-0.39, 0.29) is 5.91 Å². The molecular formula is C19H20Cl2N2O2. The molecule has 0 saturated heterocycles. The summed E-state index contributed by atoms with van der Waals surface area (Å²) in [6, 6.07) is 15.0. The van der Waals surface area contributed by atoms with Crippen molar-refractivity contribution in [2.45, 2.75) is 26.2 Å². The van der Waals surface area contributed by atoms with Gasteiger partial charge in [-0.3, -0.25) is 4.79 Å². The Kier molecular flexibility index (Phi) is 7.76. The van der Waals surface area contributed by atoms with Gasteiger partial charge in [0.25, 0.3) is 0 Å². The van der Waals surface area contributed by atoms with Gasteiger partial charge in [-0.05, 0) is 37.1 Å². The lowest BCUT2D eigenvalue weighted by molar-refractivity contribution is -0.121. The summed E-state index contributed by atoms with van der Waals surface area (Å²) in [5, 5.41) is 5.13. The van der Waals surface area contributed by atoms with Crippen LogP contribution >= 0.6 is 23.2 Å². The Hall–Kier alpha value is -2.04. The molecule has 0 aliphatic carbocycles. The first-order chi connectivity index (χ1) is 12.0. The zero-order chi connectivity index (χ0) is 18.1. The van der Waals surface area contributed by atoms with Crippen LogP contribution in [0.4, 0.5) is 0 Å². The number of benzene rings is 2. The summed E-state index contributed by atoms with van der Waals surface area (Å²) in [5.74, 6) is 0.418. The molecule has 132 valence electrons. The third-order valence-corrected chi connectivity index (χ3v) is 3.90. The Morgan fingerprint density at radius 2 is 1.92 bits per heavy atom. The van der Waals surface area contributed by atoms with Gasteiger partial charge in [0.05, 0.1) is 11.6 Å². The molecule has 0 spiro atoms. The summed E-state index contributed by atoms with van der Waals surface area (Å²) in [4.78, 5) is 11.8. The minimum atomic E-state index is -0.141. The molecule has 0 aromatic heterocycles. The van der Waals surface area contributed by atoms with Crippen LogP contribution in [0.15, 0.2) is 53.6 Å². The molecule has 0 bridgehead atoms. The molecule has 1 amide bonds. The average Bonchev–Trinajstić information content (AvgIpc) is 2.59. The van der Waals surface area contributed by atoms with E-state index in [0.29, 0.717) is 41.7 Å². The lowest BCUT2D eigenvalue weighted by Gasteiger charge is -2.08. The highest BCUT2D eigenvalue weighted by Crippen LogP contribution is 2.27. The molecule has 6 heteroatoms. The van der Waals surface area contributed by atoms with Crippen molar-refractivity contribution in [3.63, 3.8) is 0 Å². The van der Waals surface area contributed by atoms with Gasteiger partial charge in [-0.15, -0.1) is 0 Å². The standard InChI is InChI=1S/C19H20Cl2N2O2/c1-14(12-15-6-3-2-4-7-15)22-23-19(24)8-5-11-25-18-10-9-16(20)13-17(18)21/h2-4,6-7,9-10,13H,5,8,11-12H2,1H3,(H,23,24)/b22-14+. The van der Waals surface area contributed by atoms with Crippen molar-refractivity contribution >= 4 is 34.8 Å². The van der Waals surface area contributed by atoms with Crippen LogP contribution < -0.4 is 10.2 Å². The van der Waals surface area contributed by atoms with Gasteiger partial charge in [-0.2, -0.15) is 5.10 Å². The van der Waals surface area contributed by atoms with Crippen molar-refractivity contribution in [1.82, 2.24) is 5.43 Å². The van der Waals surface area contributed by atoms with E-state index in [4.69, 9.17) is 27.9 Å². The Morgan fingerprint density at radius 1 is 1.16 bits per heavy atom. The molecule has 2 aromatic rings. The molecule has 0 heterocycles. The van der Waals surface area contributed by atoms with Crippen LogP contribution in [0, 0.1) is 0 Å². The van der Waals surface area contributed by atoms with E-state index in [1.807, 2.05) is 37.3 Å². The van der Waals surface area contributed by atoms with Crippen LogP contribution in [0.1, 0.15) is 25.3 Å². The number of hydrogen-bond donors (Lipinski definition) is 1. The number of carbonyl (C=O) groups is 1. The summed E-state index contributed by atoms with van der Waals surface area (Å²) in [5.41, 5.74) is 4.58. The molecule has 0 atom stereocenters. The molecule has 0 radical (unpaired) electrons. The van der Waals surface area contributed by atoms with Crippen LogP contribution in [0.2, 0.25) is 10.0 Å². The second-order valence-corrected chi connectivity index (χ2v) is 6.41. The van der Waals surface area contributed by atoms with Gasteiger partial charge in [-0.25, -0.2) is 5.43 Å². The van der Waals surface area contributed by atoms with Gasteiger partial charge in [0.2, 0.25) is 5.91 Å². The number of nitrogens with one attached hydrogen (secondary N) is 1. The lowest BCUT2D eigenvalue weighted by atomic mass is 10.1.